The number of alkyl halides is 3. The normalized spacial score (nSPS) is 23.1. The Kier molecular flexibility index (Phi) is 3.09. The fraction of sp³-hybridized carbons (Fsp3) is 0.857. The highest BCUT2D eigenvalue weighted by Gasteiger charge is 2.40. The molecule has 1 atom stereocenters. The molecule has 1 heterocycles. The summed E-state index contributed by atoms with van der Waals surface area (Å²) in [6.07, 6.45) is -5.31. The molecule has 0 aromatic carbocycles. The van der Waals surface area contributed by atoms with Gasteiger partial charge in [-0.25, -0.2) is 0 Å². The molecule has 0 aromatic rings. The van der Waals surface area contributed by atoms with Crippen LogP contribution in [0, 0.1) is 5.92 Å². The molecule has 3 nitrogen and oxygen atoms in total. The van der Waals surface area contributed by atoms with E-state index >= 15 is 0 Å². The molecule has 1 fully saturated rings. The van der Waals surface area contributed by atoms with Crippen LogP contribution in [0.3, 0.4) is 0 Å². The summed E-state index contributed by atoms with van der Waals surface area (Å²) < 4.78 is 35.9. The Labute approximate surface area is 80.0 Å². The lowest BCUT2D eigenvalue weighted by Gasteiger charge is -2.17. The second-order valence-corrected chi connectivity index (χ2v) is 3.57. The van der Waals surface area contributed by atoms with Gasteiger partial charge in [0.15, 0.2) is 0 Å². The van der Waals surface area contributed by atoms with Gasteiger partial charge in [-0.15, -0.1) is 0 Å². The third-order valence-electron chi connectivity index (χ3n) is 2.21. The number of hydrogen-bond acceptors (Lipinski definition) is 2. The predicted octanol–water partition coefficient (Wildman–Crippen LogP) is 0.898. The van der Waals surface area contributed by atoms with E-state index in [0.29, 0.717) is 0 Å². The van der Waals surface area contributed by atoms with Gasteiger partial charge in [0.05, 0.1) is 0 Å². The number of nitrogens with zero attached hydrogens (tertiary/aromatic N) is 1. The molecule has 1 amide bonds. The first kappa shape index (κ1) is 11.4. The third kappa shape index (κ3) is 2.90. The highest BCUT2D eigenvalue weighted by Crippen LogP contribution is 2.30. The minimum absolute atomic E-state index is 0.00396. The van der Waals surface area contributed by atoms with E-state index in [1.165, 1.54) is 6.82 Å². The number of carbonyl (C=O) groups is 1. The Morgan fingerprint density at radius 1 is 1.64 bits per heavy atom. The molecule has 1 N–H and O–H groups in total. The molecule has 0 unspecified atom stereocenters. The molecule has 0 aromatic heterocycles. The van der Waals surface area contributed by atoms with Gasteiger partial charge in [-0.3, -0.25) is 4.79 Å². The van der Waals surface area contributed by atoms with Crippen molar-refractivity contribution in [3.63, 3.8) is 0 Å². The van der Waals surface area contributed by atoms with Crippen molar-refractivity contribution >= 4 is 13.0 Å². The van der Waals surface area contributed by atoms with E-state index in [4.69, 9.17) is 5.02 Å². The van der Waals surface area contributed by atoms with E-state index in [-0.39, 0.29) is 13.0 Å². The van der Waals surface area contributed by atoms with Crippen molar-refractivity contribution < 1.29 is 23.0 Å². The molecule has 1 aliphatic heterocycles. The largest absolute Gasteiger partial charge is 0.432 e. The van der Waals surface area contributed by atoms with Crippen LogP contribution in [0.5, 0.6) is 0 Å². The van der Waals surface area contributed by atoms with Crippen molar-refractivity contribution in [2.24, 2.45) is 5.92 Å². The van der Waals surface area contributed by atoms with Gasteiger partial charge in [0, 0.05) is 19.4 Å². The van der Waals surface area contributed by atoms with Crippen LogP contribution in [0.25, 0.3) is 0 Å². The number of halogens is 3. The zero-order chi connectivity index (χ0) is 10.9. The van der Waals surface area contributed by atoms with Gasteiger partial charge in [-0.05, 0) is 12.7 Å². The summed E-state index contributed by atoms with van der Waals surface area (Å²) in [5, 5.41) is 9.06. The first-order valence-electron chi connectivity index (χ1n) is 4.34. The summed E-state index contributed by atoms with van der Waals surface area (Å²) in [4.78, 5) is 12.2. The van der Waals surface area contributed by atoms with Crippen molar-refractivity contribution in [1.82, 2.24) is 4.81 Å². The van der Waals surface area contributed by atoms with Gasteiger partial charge in [-0.2, -0.15) is 13.2 Å². The van der Waals surface area contributed by atoms with Crippen molar-refractivity contribution in [2.75, 3.05) is 6.54 Å². The maximum absolute atomic E-state index is 12.0. The van der Waals surface area contributed by atoms with E-state index in [2.05, 4.69) is 0 Å². The number of rotatable bonds is 2. The van der Waals surface area contributed by atoms with Crippen LogP contribution in [-0.4, -0.2) is 35.5 Å². The Morgan fingerprint density at radius 3 is 2.57 bits per heavy atom. The molecular weight excluding hydrogens is 198 g/mol. The highest BCUT2D eigenvalue weighted by molar-refractivity contribution is 6.49. The summed E-state index contributed by atoms with van der Waals surface area (Å²) >= 11 is 0. The van der Waals surface area contributed by atoms with Crippen molar-refractivity contribution in [2.45, 2.75) is 25.8 Å². The Balaban J connectivity index is 2.51. The molecule has 7 heteroatoms. The van der Waals surface area contributed by atoms with Crippen LogP contribution in [0.4, 0.5) is 13.2 Å². The smallest absolute Gasteiger partial charge is 0.411 e. The van der Waals surface area contributed by atoms with Gasteiger partial charge in [0.2, 0.25) is 5.91 Å². The summed E-state index contributed by atoms with van der Waals surface area (Å²) in [5.74, 6) is -1.12. The fourth-order valence-corrected chi connectivity index (χ4v) is 1.63. The maximum Gasteiger partial charge on any atom is 0.411 e. The summed E-state index contributed by atoms with van der Waals surface area (Å²) in [7, 11) is -0.999. The predicted molar refractivity (Wildman–Crippen MR) is 44.3 cm³/mol. The molecular formula is C7H11BF3NO2. The minimum atomic E-state index is -4.24. The van der Waals surface area contributed by atoms with Crippen molar-refractivity contribution in [3.05, 3.63) is 0 Å². The average molecular weight is 209 g/mol. The number of amides is 1. The summed E-state index contributed by atoms with van der Waals surface area (Å²) in [5.41, 5.74) is 0. The first-order valence-corrected chi connectivity index (χ1v) is 4.34. The van der Waals surface area contributed by atoms with Gasteiger partial charge in [-0.1, -0.05) is 0 Å². The molecule has 0 radical (unpaired) electrons. The number of hydrogen-bond donors (Lipinski definition) is 1. The van der Waals surface area contributed by atoms with E-state index in [0.717, 1.165) is 4.81 Å². The third-order valence-corrected chi connectivity index (χ3v) is 2.21. The van der Waals surface area contributed by atoms with E-state index in [1.54, 1.807) is 0 Å². The first-order chi connectivity index (χ1) is 6.29. The molecule has 1 aliphatic rings. The number of carbonyl (C=O) groups excluding carboxylic acids is 1. The summed E-state index contributed by atoms with van der Waals surface area (Å²) in [6, 6.07) is 0. The van der Waals surface area contributed by atoms with Crippen LogP contribution in [0.1, 0.15) is 12.8 Å². The monoisotopic (exact) mass is 209 g/mol. The molecule has 0 bridgehead atoms. The van der Waals surface area contributed by atoms with Crippen molar-refractivity contribution in [1.29, 1.82) is 0 Å². The van der Waals surface area contributed by atoms with Crippen LogP contribution in [-0.2, 0) is 4.79 Å². The second-order valence-electron chi connectivity index (χ2n) is 3.57. The minimum Gasteiger partial charge on any atom is -0.432 e. The molecule has 0 spiro atoms. The Morgan fingerprint density at radius 2 is 2.21 bits per heavy atom. The lowest BCUT2D eigenvalue weighted by atomic mass is 9.85. The molecule has 1 saturated heterocycles. The van der Waals surface area contributed by atoms with Crippen molar-refractivity contribution in [3.8, 4) is 0 Å². The Bertz CT molecular complexity index is 231. The van der Waals surface area contributed by atoms with Crippen LogP contribution < -0.4 is 0 Å². The lowest BCUT2D eigenvalue weighted by Crippen LogP contribution is -2.38. The van der Waals surface area contributed by atoms with E-state index in [1.807, 2.05) is 0 Å². The Hall–Kier alpha value is -0.715. The lowest BCUT2D eigenvalue weighted by molar-refractivity contribution is -0.143. The highest BCUT2D eigenvalue weighted by atomic mass is 19.4. The van der Waals surface area contributed by atoms with Crippen LogP contribution in [0.15, 0.2) is 0 Å². The molecule has 80 valence electrons. The van der Waals surface area contributed by atoms with E-state index in [9.17, 15) is 18.0 Å². The zero-order valence-corrected chi connectivity index (χ0v) is 7.71. The van der Waals surface area contributed by atoms with Crippen LogP contribution in [0.2, 0.25) is 6.82 Å². The molecule has 1 rings (SSSR count). The fourth-order valence-electron chi connectivity index (χ4n) is 1.63. The average Bonchev–Trinajstić information content (AvgIpc) is 2.26. The van der Waals surface area contributed by atoms with E-state index < -0.39 is 31.5 Å². The molecule has 0 saturated carbocycles. The molecule has 14 heavy (non-hydrogen) atoms. The second kappa shape index (κ2) is 3.80. The van der Waals surface area contributed by atoms with Gasteiger partial charge in [0.25, 0.3) is 0 Å². The van der Waals surface area contributed by atoms with Crippen LogP contribution >= 0.6 is 0 Å². The SMILES string of the molecule is CB(O)N1C[C@H](CC(F)(F)F)CC1=O. The van der Waals surface area contributed by atoms with Gasteiger partial charge in [0.1, 0.15) is 0 Å². The quantitative estimate of drug-likeness (QED) is 0.686. The topological polar surface area (TPSA) is 40.5 Å². The van der Waals surface area contributed by atoms with Gasteiger partial charge >= 0.3 is 13.2 Å². The maximum atomic E-state index is 12.0. The molecule has 0 aliphatic carbocycles. The summed E-state index contributed by atoms with van der Waals surface area (Å²) in [6.45, 7) is 1.36. The zero-order valence-electron chi connectivity index (χ0n) is 7.71. The van der Waals surface area contributed by atoms with Gasteiger partial charge < -0.3 is 9.83 Å². The standard InChI is InChI=1S/C7H11BF3NO2/c1-8(14)12-4-5(2-6(12)13)3-7(9,10)11/h5,14H,2-4H2,1H3/t5-/m0/s1.